The molecule has 0 saturated carbocycles. The van der Waals surface area contributed by atoms with E-state index in [1.165, 1.54) is 0 Å². The van der Waals surface area contributed by atoms with Crippen LogP contribution < -0.4 is 15.0 Å². The number of nitrogens with one attached hydrogen (secondary N) is 1. The van der Waals surface area contributed by atoms with Crippen LogP contribution in [0.25, 0.3) is 0 Å². The SMILES string of the molecule is COc1ccccc1CCNc1cc([C@H]2CCOC2)nc(N2CC(O)C2)n1. The minimum atomic E-state index is -0.283. The number of aliphatic hydroxyl groups excluding tert-OH is 1. The summed E-state index contributed by atoms with van der Waals surface area (Å²) in [5.74, 6) is 2.72. The molecule has 0 aliphatic carbocycles. The zero-order valence-electron chi connectivity index (χ0n) is 15.6. The van der Waals surface area contributed by atoms with Crippen molar-refractivity contribution in [2.45, 2.75) is 24.9 Å². The molecule has 2 aliphatic heterocycles. The molecule has 0 bridgehead atoms. The van der Waals surface area contributed by atoms with E-state index >= 15 is 0 Å². The van der Waals surface area contributed by atoms with Crippen molar-refractivity contribution in [1.82, 2.24) is 9.97 Å². The largest absolute Gasteiger partial charge is 0.496 e. The summed E-state index contributed by atoms with van der Waals surface area (Å²) < 4.78 is 10.9. The summed E-state index contributed by atoms with van der Waals surface area (Å²) in [5, 5.41) is 13.0. The Hall–Kier alpha value is -2.38. The Kier molecular flexibility index (Phi) is 5.40. The van der Waals surface area contributed by atoms with Gasteiger partial charge in [-0.3, -0.25) is 0 Å². The van der Waals surface area contributed by atoms with Crippen LogP contribution in [0.5, 0.6) is 5.75 Å². The number of β-amino-alcohol motifs (C(OH)–C–C–N with tert-alkyl or cyclic N) is 1. The number of hydrogen-bond acceptors (Lipinski definition) is 7. The molecular formula is C20H26N4O3. The van der Waals surface area contributed by atoms with Crippen molar-refractivity contribution in [2.24, 2.45) is 0 Å². The number of aliphatic hydroxyl groups is 1. The molecule has 2 N–H and O–H groups in total. The highest BCUT2D eigenvalue weighted by Gasteiger charge is 2.28. The van der Waals surface area contributed by atoms with E-state index in [1.807, 2.05) is 29.2 Å². The Balaban J connectivity index is 1.47. The van der Waals surface area contributed by atoms with Gasteiger partial charge in [-0.25, -0.2) is 4.98 Å². The topological polar surface area (TPSA) is 79.7 Å². The van der Waals surface area contributed by atoms with E-state index < -0.39 is 0 Å². The highest BCUT2D eigenvalue weighted by atomic mass is 16.5. The molecule has 2 aliphatic rings. The number of rotatable bonds is 7. The first-order valence-corrected chi connectivity index (χ1v) is 9.48. The first-order chi connectivity index (χ1) is 13.2. The summed E-state index contributed by atoms with van der Waals surface area (Å²) in [6.07, 6.45) is 1.54. The fourth-order valence-electron chi connectivity index (χ4n) is 3.52. The fourth-order valence-corrected chi connectivity index (χ4v) is 3.52. The number of ether oxygens (including phenoxy) is 2. The molecule has 1 atom stereocenters. The number of para-hydroxylation sites is 1. The third-order valence-electron chi connectivity index (χ3n) is 5.12. The van der Waals surface area contributed by atoms with Gasteiger partial charge < -0.3 is 24.8 Å². The smallest absolute Gasteiger partial charge is 0.227 e. The van der Waals surface area contributed by atoms with Gasteiger partial charge in [-0.05, 0) is 24.5 Å². The third-order valence-corrected chi connectivity index (χ3v) is 5.12. The summed E-state index contributed by atoms with van der Waals surface area (Å²) in [6.45, 7) is 3.42. The maximum atomic E-state index is 9.60. The van der Waals surface area contributed by atoms with E-state index in [0.29, 0.717) is 31.6 Å². The van der Waals surface area contributed by atoms with Gasteiger partial charge in [0.2, 0.25) is 5.95 Å². The molecule has 4 rings (SSSR count). The number of nitrogens with zero attached hydrogens (tertiary/aromatic N) is 3. The first kappa shape index (κ1) is 18.0. The fraction of sp³-hybridized carbons (Fsp3) is 0.500. The van der Waals surface area contributed by atoms with Gasteiger partial charge in [0, 0.05) is 38.2 Å². The van der Waals surface area contributed by atoms with Gasteiger partial charge >= 0.3 is 0 Å². The molecule has 2 saturated heterocycles. The van der Waals surface area contributed by atoms with Crippen LogP contribution in [-0.2, 0) is 11.2 Å². The molecule has 1 aromatic carbocycles. The van der Waals surface area contributed by atoms with Crippen molar-refractivity contribution in [2.75, 3.05) is 50.2 Å². The van der Waals surface area contributed by atoms with Crippen LogP contribution in [-0.4, -0.2) is 61.1 Å². The van der Waals surface area contributed by atoms with Crippen LogP contribution in [0.3, 0.4) is 0 Å². The summed E-state index contributed by atoms with van der Waals surface area (Å²) in [6, 6.07) is 10.1. The van der Waals surface area contributed by atoms with E-state index in [4.69, 9.17) is 14.5 Å². The number of benzene rings is 1. The zero-order chi connectivity index (χ0) is 18.6. The van der Waals surface area contributed by atoms with E-state index in [-0.39, 0.29) is 6.10 Å². The summed E-state index contributed by atoms with van der Waals surface area (Å²) in [4.78, 5) is 11.4. The molecule has 2 aromatic rings. The van der Waals surface area contributed by atoms with Crippen LogP contribution in [0.4, 0.5) is 11.8 Å². The quantitative estimate of drug-likeness (QED) is 0.770. The van der Waals surface area contributed by atoms with Gasteiger partial charge in [-0.15, -0.1) is 0 Å². The van der Waals surface area contributed by atoms with Gasteiger partial charge in [-0.1, -0.05) is 18.2 Å². The molecule has 3 heterocycles. The van der Waals surface area contributed by atoms with Crippen LogP contribution in [0.1, 0.15) is 23.6 Å². The summed E-state index contributed by atoms with van der Waals surface area (Å²) >= 11 is 0. The Bertz CT molecular complexity index is 774. The van der Waals surface area contributed by atoms with Gasteiger partial charge in [0.05, 0.1) is 25.5 Å². The molecule has 0 unspecified atom stereocenters. The lowest BCUT2D eigenvalue weighted by molar-refractivity contribution is 0.140. The maximum Gasteiger partial charge on any atom is 0.227 e. The van der Waals surface area contributed by atoms with Crippen LogP contribution in [0, 0.1) is 0 Å². The molecule has 0 radical (unpaired) electrons. The van der Waals surface area contributed by atoms with E-state index in [1.54, 1.807) is 7.11 Å². The van der Waals surface area contributed by atoms with Crippen LogP contribution >= 0.6 is 0 Å². The van der Waals surface area contributed by atoms with Crippen molar-refractivity contribution in [1.29, 1.82) is 0 Å². The van der Waals surface area contributed by atoms with E-state index in [2.05, 4.69) is 16.4 Å². The Morgan fingerprint density at radius 3 is 2.89 bits per heavy atom. The van der Waals surface area contributed by atoms with Crippen molar-refractivity contribution in [3.63, 3.8) is 0 Å². The zero-order valence-corrected chi connectivity index (χ0v) is 15.6. The monoisotopic (exact) mass is 370 g/mol. The Labute approximate surface area is 159 Å². The van der Waals surface area contributed by atoms with Gasteiger partial charge in [0.25, 0.3) is 0 Å². The lowest BCUT2D eigenvalue weighted by Crippen LogP contribution is -2.51. The molecule has 7 heteroatoms. The normalized spacial score (nSPS) is 19.8. The number of aromatic nitrogens is 2. The van der Waals surface area contributed by atoms with E-state index in [9.17, 15) is 5.11 Å². The molecular weight excluding hydrogens is 344 g/mol. The molecule has 144 valence electrons. The molecule has 1 aromatic heterocycles. The number of methoxy groups -OCH3 is 1. The second kappa shape index (κ2) is 8.10. The van der Waals surface area contributed by atoms with Gasteiger partial charge in [0.15, 0.2) is 0 Å². The van der Waals surface area contributed by atoms with Crippen molar-refractivity contribution in [3.05, 3.63) is 41.6 Å². The molecule has 7 nitrogen and oxygen atoms in total. The predicted octanol–water partition coefficient (Wildman–Crippen LogP) is 1.82. The average Bonchev–Trinajstić information content (AvgIpc) is 3.20. The summed E-state index contributed by atoms with van der Waals surface area (Å²) in [7, 11) is 1.69. The average molecular weight is 370 g/mol. The number of hydrogen-bond donors (Lipinski definition) is 2. The third kappa shape index (κ3) is 4.14. The molecule has 2 fully saturated rings. The highest BCUT2D eigenvalue weighted by Crippen LogP contribution is 2.28. The predicted molar refractivity (Wildman–Crippen MR) is 104 cm³/mol. The van der Waals surface area contributed by atoms with Crippen molar-refractivity contribution in [3.8, 4) is 5.75 Å². The minimum absolute atomic E-state index is 0.283. The highest BCUT2D eigenvalue weighted by molar-refractivity contribution is 5.46. The standard InChI is InChI=1S/C20H26N4O3/c1-26-18-5-3-2-4-14(18)6-8-21-19-10-17(15-7-9-27-13-15)22-20(23-19)24-11-16(25)12-24/h2-5,10,15-16,25H,6-9,11-13H2,1H3,(H,21,22,23)/t15-/m0/s1. The first-order valence-electron chi connectivity index (χ1n) is 9.48. The lowest BCUT2D eigenvalue weighted by atomic mass is 10.0. The minimum Gasteiger partial charge on any atom is -0.496 e. The second-order valence-corrected chi connectivity index (χ2v) is 7.09. The molecule has 0 amide bonds. The van der Waals surface area contributed by atoms with E-state index in [0.717, 1.165) is 48.8 Å². The van der Waals surface area contributed by atoms with Gasteiger partial charge in [0.1, 0.15) is 11.6 Å². The van der Waals surface area contributed by atoms with Crippen LogP contribution in [0.15, 0.2) is 30.3 Å². The number of anilines is 2. The van der Waals surface area contributed by atoms with Crippen LogP contribution in [0.2, 0.25) is 0 Å². The van der Waals surface area contributed by atoms with Gasteiger partial charge in [-0.2, -0.15) is 4.98 Å². The summed E-state index contributed by atoms with van der Waals surface area (Å²) in [5.41, 5.74) is 2.18. The Morgan fingerprint density at radius 2 is 2.15 bits per heavy atom. The lowest BCUT2D eigenvalue weighted by Gasteiger charge is -2.36. The van der Waals surface area contributed by atoms with Crippen molar-refractivity contribution < 1.29 is 14.6 Å². The molecule has 27 heavy (non-hydrogen) atoms. The molecule has 0 spiro atoms. The Morgan fingerprint density at radius 1 is 1.30 bits per heavy atom. The maximum absolute atomic E-state index is 9.60. The van der Waals surface area contributed by atoms with Crippen molar-refractivity contribution >= 4 is 11.8 Å². The second-order valence-electron chi connectivity index (χ2n) is 7.09.